The Morgan fingerprint density at radius 2 is 1.10 bits per heavy atom. The molecule has 1 saturated heterocycles. The van der Waals surface area contributed by atoms with E-state index in [0.717, 1.165) is 26.5 Å². The quantitative estimate of drug-likeness (QED) is 0.0543. The highest BCUT2D eigenvalue weighted by Crippen LogP contribution is 2.34. The van der Waals surface area contributed by atoms with Gasteiger partial charge in [-0.15, -0.1) is 11.8 Å². The maximum Gasteiger partial charge on any atom is 0.305 e. The number of unbranched alkanes of at least 4 members (excludes halogenated alkanes) is 1. The molecule has 6 aromatic rings. The number of aromatic hydroxyl groups is 1. The van der Waals surface area contributed by atoms with Crippen molar-refractivity contribution in [3.05, 3.63) is 167 Å². The number of aromatic amines is 1. The van der Waals surface area contributed by atoms with E-state index < -0.39 is 199 Å². The number of likely N-dealkylation sites (N-methyl/N-ethyl adjacent to an activating group) is 4. The number of hydrogen-bond acceptors (Lipinski definition) is 18. The fourth-order valence-corrected chi connectivity index (χ4v) is 15.2. The predicted octanol–water partition coefficient (Wildman–Crippen LogP) is 1.29. The lowest BCUT2D eigenvalue weighted by Crippen LogP contribution is -2.62. The number of nitrogens with one attached hydrogen (secondary N) is 10. The minimum atomic E-state index is -1.90. The smallest absolute Gasteiger partial charge is 0.305 e. The number of carbonyl (C=O) groups is 16. The number of anilines is 1. The van der Waals surface area contributed by atoms with Crippen LogP contribution >= 0.6 is 11.8 Å². The average Bonchev–Trinajstić information content (AvgIpc) is 1.02. The molecule has 648 valence electrons. The van der Waals surface area contributed by atoms with Gasteiger partial charge >= 0.3 is 5.97 Å². The number of benzene rings is 5. The molecule has 14 N–H and O–H groups in total. The number of rotatable bonds is 19. The van der Waals surface area contributed by atoms with Crippen molar-refractivity contribution < 1.29 is 86.9 Å². The molecule has 2 aliphatic rings. The van der Waals surface area contributed by atoms with Gasteiger partial charge in [0.05, 0.1) is 31.8 Å². The Hall–Kier alpha value is -12.7. The summed E-state index contributed by atoms with van der Waals surface area (Å²) < 4.78 is 0. The number of hydrogen-bond donors (Lipinski definition) is 13. The number of carbonyl (C=O) groups excluding carboxylic acids is 15. The zero-order chi connectivity index (χ0) is 88.5. The molecule has 0 unspecified atom stereocenters. The largest absolute Gasteiger partial charge is 0.508 e. The Bertz CT molecular complexity index is 4720. The second kappa shape index (κ2) is 44.4. The lowest BCUT2D eigenvalue weighted by Gasteiger charge is -2.42. The molecule has 0 radical (unpaired) electrons. The van der Waals surface area contributed by atoms with Crippen LogP contribution in [0.15, 0.2) is 140 Å². The van der Waals surface area contributed by atoms with Crippen molar-refractivity contribution in [3.8, 4) is 5.75 Å². The van der Waals surface area contributed by atoms with Gasteiger partial charge in [0.2, 0.25) is 82.7 Å². The molecule has 1 aromatic heterocycles. The summed E-state index contributed by atoms with van der Waals surface area (Å²) in [6, 6.07) is 20.4. The van der Waals surface area contributed by atoms with Crippen LogP contribution in [-0.2, 0) is 109 Å². The number of phenolic OH excluding ortho intramolecular Hbond substituents is 1. The summed E-state index contributed by atoms with van der Waals surface area (Å²) in [4.78, 5) is 240. The molecule has 11 atom stereocenters. The highest BCUT2D eigenvalue weighted by atomic mass is 32.2. The van der Waals surface area contributed by atoms with Crippen LogP contribution in [0.25, 0.3) is 10.9 Å². The molecule has 0 saturated carbocycles. The number of amides is 15. The summed E-state index contributed by atoms with van der Waals surface area (Å²) in [7, 11) is 5.22. The number of thioether (sulfide) groups is 1. The van der Waals surface area contributed by atoms with Gasteiger partial charge in [0.1, 0.15) is 72.2 Å². The summed E-state index contributed by atoms with van der Waals surface area (Å²) in [6.07, 6.45) is 0.687. The maximum absolute atomic E-state index is 15.5. The predicted molar refractivity (Wildman–Crippen MR) is 451 cm³/mol. The zero-order valence-electron chi connectivity index (χ0n) is 69.5. The van der Waals surface area contributed by atoms with Crippen molar-refractivity contribution in [2.45, 2.75) is 172 Å². The lowest BCUT2D eigenvalue weighted by molar-refractivity contribution is -0.145. The van der Waals surface area contributed by atoms with Gasteiger partial charge in [-0.1, -0.05) is 157 Å². The standard InChI is InChI=1S/C86H110N16O18S/c1-11-12-30-67-84(118)99(8)46-72(106)92-62(42-74(108)109)80(114)97-75(50(4)5)86(120)100(9)68(39-53-25-17-14-18-26-53)81(115)95-63(38-54-32-34-57(103)35-33-54)82(116)98(7)45-71(105)91-61(40-56-43-88-59-29-21-20-28-58(56)59)78(112)90-51(6)76(110)94-60(36-49(2)3)79(113)96-65(77(111)89-44-70(87)104)47-121-48-73(107)93-64(37-52-23-15-13-16-24-52)83(117)101(10)69-41-55-27-19-22-31-66(55)102(67)85(69)119/h13-29,31-35,43,49-51,60-65,67-69,75,88,103H,11-12,30,36-42,44-48H2,1-10H3,(H2,87,104)(H,89,111)(H,90,112)(H,91,105)(H,92,106)(H,93,107)(H,94,110)(H,95,115)(H,96,113)(H,97,114)(H,108,109)/t51-,60-,61-,62-,63-,64-,65-,67-,68-,69-,75-/m0/s1. The minimum Gasteiger partial charge on any atom is -0.508 e. The number of para-hydroxylation sites is 2. The zero-order valence-corrected chi connectivity index (χ0v) is 70.4. The van der Waals surface area contributed by atoms with Gasteiger partial charge in [-0.25, -0.2) is 0 Å². The number of carboxylic acids is 1. The molecular weight excluding hydrogens is 1580 g/mol. The van der Waals surface area contributed by atoms with Crippen LogP contribution in [0.2, 0.25) is 0 Å². The maximum atomic E-state index is 15.5. The van der Waals surface area contributed by atoms with Crippen molar-refractivity contribution >= 4 is 123 Å². The molecule has 35 heteroatoms. The highest BCUT2D eigenvalue weighted by Gasteiger charge is 2.45. The van der Waals surface area contributed by atoms with Crippen molar-refractivity contribution in [2.75, 3.05) is 64.2 Å². The van der Waals surface area contributed by atoms with Crippen molar-refractivity contribution in [1.82, 2.24) is 72.4 Å². The number of H-pyrrole nitrogens is 1. The van der Waals surface area contributed by atoms with E-state index in [1.54, 1.807) is 143 Å². The molecule has 5 aromatic carbocycles. The van der Waals surface area contributed by atoms with Crippen LogP contribution in [0, 0.1) is 11.8 Å². The second-order valence-electron chi connectivity index (χ2n) is 31.3. The van der Waals surface area contributed by atoms with Crippen LogP contribution in [0.4, 0.5) is 5.69 Å². The Morgan fingerprint density at radius 1 is 0.545 bits per heavy atom. The number of aromatic nitrogens is 1. The number of carboxylic acid groups (broad SMARTS) is 1. The molecule has 3 heterocycles. The Labute approximate surface area is 706 Å². The first-order valence-corrected chi connectivity index (χ1v) is 41.3. The first kappa shape index (κ1) is 93.8. The van der Waals surface area contributed by atoms with E-state index >= 15 is 28.8 Å². The van der Waals surface area contributed by atoms with E-state index in [4.69, 9.17) is 5.73 Å². The van der Waals surface area contributed by atoms with Crippen LogP contribution in [-0.4, -0.2) is 255 Å². The van der Waals surface area contributed by atoms with Gasteiger partial charge in [0, 0.05) is 88.8 Å². The summed E-state index contributed by atoms with van der Waals surface area (Å²) in [5.41, 5.74) is 9.07. The number of fused-ring (bicyclic) bond motifs is 5. The lowest BCUT2D eigenvalue weighted by atomic mass is 9.92. The third-order valence-electron chi connectivity index (χ3n) is 20.9. The van der Waals surface area contributed by atoms with Crippen LogP contribution in [0.3, 0.4) is 0 Å². The average molecular weight is 1690 g/mol. The number of primary amides is 1. The molecule has 15 amide bonds. The summed E-state index contributed by atoms with van der Waals surface area (Å²) >= 11 is 0.849. The van der Waals surface area contributed by atoms with Gasteiger partial charge in [-0.3, -0.25) is 81.6 Å². The third kappa shape index (κ3) is 26.7. The van der Waals surface area contributed by atoms with E-state index in [9.17, 15) is 58.2 Å². The van der Waals surface area contributed by atoms with Crippen LogP contribution in [0.1, 0.15) is 101 Å². The van der Waals surface area contributed by atoms with Crippen molar-refractivity contribution in [1.29, 1.82) is 0 Å². The number of nitrogens with two attached hydrogens (primary N) is 1. The SMILES string of the molecule is CCCC[C@H]1C(=O)N(C)CC(=O)N[C@@H](CC(=O)O)C(=O)N[C@@H](C(C)C)C(=O)N(C)[C@@H](Cc2ccccc2)C(=O)N[C@@H](Cc2ccc(O)cc2)C(=O)N(C)CC(=O)N[C@@H](Cc2c[nH]c3ccccc23)C(=O)N[C@@H](C)C(=O)N[C@@H](CC(C)C)C(=O)N[C@H](C(=O)NCC(N)=O)CSCC(=O)N[C@@H](Cc2ccccc2)C(=O)N(C)[C@H]2Cc3ccccc3N1C2=O. The van der Waals surface area contributed by atoms with E-state index in [1.807, 2.05) is 6.92 Å². The van der Waals surface area contributed by atoms with Crippen LogP contribution in [0.5, 0.6) is 5.75 Å². The fraction of sp³-hybridized carbons (Fsp3) is 0.442. The second-order valence-corrected chi connectivity index (χ2v) is 32.3. The third-order valence-corrected chi connectivity index (χ3v) is 22.0. The molecule has 121 heavy (non-hydrogen) atoms. The molecular formula is C86H110N16O18S. The fourth-order valence-electron chi connectivity index (χ4n) is 14.4. The van der Waals surface area contributed by atoms with E-state index in [-0.39, 0.29) is 62.4 Å². The van der Waals surface area contributed by atoms with Crippen molar-refractivity contribution in [3.63, 3.8) is 0 Å². The van der Waals surface area contributed by atoms with Crippen molar-refractivity contribution in [2.24, 2.45) is 17.6 Å². The molecule has 8 rings (SSSR count). The first-order chi connectivity index (χ1) is 57.5. The van der Waals surface area contributed by atoms with E-state index in [1.165, 1.54) is 69.2 Å². The van der Waals surface area contributed by atoms with Crippen LogP contribution < -0.4 is 58.5 Å². The molecule has 1 fully saturated rings. The van der Waals surface area contributed by atoms with E-state index in [0.29, 0.717) is 57.2 Å². The molecule has 0 aliphatic carbocycles. The van der Waals surface area contributed by atoms with Gasteiger partial charge in [-0.2, -0.15) is 0 Å². The Balaban J connectivity index is 1.17. The monoisotopic (exact) mass is 1690 g/mol. The summed E-state index contributed by atoms with van der Waals surface area (Å²) in [6.45, 7) is 7.62. The van der Waals surface area contributed by atoms with Gasteiger partial charge in [0.25, 0.3) is 5.91 Å². The van der Waals surface area contributed by atoms with Gasteiger partial charge < -0.3 is 88.4 Å². The van der Waals surface area contributed by atoms with Gasteiger partial charge in [-0.05, 0) is 83.7 Å². The normalized spacial score (nSPS) is 22.9. The Morgan fingerprint density at radius 3 is 1.72 bits per heavy atom. The van der Waals surface area contributed by atoms with Gasteiger partial charge in [0.15, 0.2) is 0 Å². The minimum absolute atomic E-state index is 0.0322. The highest BCUT2D eigenvalue weighted by molar-refractivity contribution is 8.00. The molecule has 34 nitrogen and oxygen atoms in total. The summed E-state index contributed by atoms with van der Waals surface area (Å²) in [5.74, 6) is -16.7. The van der Waals surface area contributed by atoms with E-state index in [2.05, 4.69) is 52.8 Å². The number of nitrogens with zero attached hydrogens (tertiary/aromatic N) is 5. The number of aliphatic carboxylic acids is 1. The first-order valence-electron chi connectivity index (χ1n) is 40.1. The summed E-state index contributed by atoms with van der Waals surface area (Å²) in [5, 5.41) is 44.8. The number of phenols is 1. The topological polar surface area (TPSA) is 480 Å². The molecule has 2 aliphatic heterocycles. The molecule has 2 bridgehead atoms. The molecule has 0 spiro atoms. The Kier molecular flexibility index (Phi) is 34.4.